The number of hydrogen-bond acceptors (Lipinski definition) is 1. The van der Waals surface area contributed by atoms with E-state index in [1.807, 2.05) is 18.2 Å². The lowest BCUT2D eigenvalue weighted by atomic mass is 9.97. The Labute approximate surface area is 110 Å². The van der Waals surface area contributed by atoms with E-state index >= 15 is 0 Å². The lowest BCUT2D eigenvalue weighted by Gasteiger charge is -2.30. The van der Waals surface area contributed by atoms with Crippen molar-refractivity contribution in [3.05, 3.63) is 65.7 Å². The minimum Gasteiger partial charge on any atom is -0.484 e. The first-order chi connectivity index (χ1) is 8.34. The number of ether oxygens (including phenoxy) is 1. The van der Waals surface area contributed by atoms with Gasteiger partial charge in [0.25, 0.3) is 0 Å². The van der Waals surface area contributed by atoms with E-state index < -0.39 is 0 Å². The molecule has 86 valence electrons. The smallest absolute Gasteiger partial charge is 0.136 e. The van der Waals surface area contributed by atoms with Gasteiger partial charge < -0.3 is 4.74 Å². The molecule has 0 spiro atoms. The standard InChI is InChI=1S/C15H13BrO/c16-13-10-12-8-4-5-9-14(12)17-15(13)11-6-2-1-3-7-11/h1-9,13,15H,10H2. The third kappa shape index (κ3) is 2.09. The number of para-hydroxylation sites is 1. The molecule has 0 N–H and O–H groups in total. The highest BCUT2D eigenvalue weighted by atomic mass is 79.9. The van der Waals surface area contributed by atoms with Crippen LogP contribution in [0.25, 0.3) is 0 Å². The summed E-state index contributed by atoms with van der Waals surface area (Å²) in [6.07, 6.45) is 1.11. The largest absolute Gasteiger partial charge is 0.484 e. The van der Waals surface area contributed by atoms with Gasteiger partial charge in [-0.1, -0.05) is 64.5 Å². The van der Waals surface area contributed by atoms with Crippen molar-refractivity contribution >= 4 is 15.9 Å². The van der Waals surface area contributed by atoms with E-state index in [1.54, 1.807) is 0 Å². The van der Waals surface area contributed by atoms with Crippen molar-refractivity contribution in [3.63, 3.8) is 0 Å². The number of rotatable bonds is 1. The van der Waals surface area contributed by atoms with Crippen molar-refractivity contribution in [3.8, 4) is 5.75 Å². The van der Waals surface area contributed by atoms with Crippen LogP contribution in [0.4, 0.5) is 0 Å². The van der Waals surface area contributed by atoms with Gasteiger partial charge in [-0.3, -0.25) is 0 Å². The Morgan fingerprint density at radius 3 is 2.47 bits per heavy atom. The highest BCUT2D eigenvalue weighted by molar-refractivity contribution is 9.09. The van der Waals surface area contributed by atoms with E-state index in [1.165, 1.54) is 11.1 Å². The van der Waals surface area contributed by atoms with Gasteiger partial charge in [0.1, 0.15) is 11.9 Å². The fraction of sp³-hybridized carbons (Fsp3) is 0.200. The van der Waals surface area contributed by atoms with Crippen molar-refractivity contribution in [1.29, 1.82) is 0 Å². The van der Waals surface area contributed by atoms with Gasteiger partial charge in [-0.05, 0) is 23.6 Å². The van der Waals surface area contributed by atoms with E-state index in [-0.39, 0.29) is 6.10 Å². The molecule has 2 aromatic carbocycles. The maximum Gasteiger partial charge on any atom is 0.136 e. The summed E-state index contributed by atoms with van der Waals surface area (Å²) < 4.78 is 6.08. The first-order valence-corrected chi connectivity index (χ1v) is 6.70. The summed E-state index contributed by atoms with van der Waals surface area (Å²) in [5.41, 5.74) is 2.51. The maximum atomic E-state index is 6.08. The first kappa shape index (κ1) is 10.8. The van der Waals surface area contributed by atoms with Gasteiger partial charge in [0.2, 0.25) is 0 Å². The van der Waals surface area contributed by atoms with Gasteiger partial charge in [-0.2, -0.15) is 0 Å². The molecule has 0 aliphatic carbocycles. The highest BCUT2D eigenvalue weighted by Gasteiger charge is 2.28. The molecule has 0 saturated carbocycles. The molecule has 0 fully saturated rings. The third-order valence-electron chi connectivity index (χ3n) is 3.10. The van der Waals surface area contributed by atoms with Crippen molar-refractivity contribution in [2.45, 2.75) is 17.4 Å². The predicted octanol–water partition coefficient (Wildman–Crippen LogP) is 4.13. The molecule has 0 bridgehead atoms. The first-order valence-electron chi connectivity index (χ1n) is 5.78. The fourth-order valence-corrected chi connectivity index (χ4v) is 3.00. The van der Waals surface area contributed by atoms with Crippen molar-refractivity contribution in [2.24, 2.45) is 0 Å². The van der Waals surface area contributed by atoms with Crippen LogP contribution in [0.5, 0.6) is 5.75 Å². The normalized spacial score (nSPS) is 22.6. The van der Waals surface area contributed by atoms with E-state index in [9.17, 15) is 0 Å². The second-order valence-electron chi connectivity index (χ2n) is 4.28. The summed E-state index contributed by atoms with van der Waals surface area (Å²) in [7, 11) is 0. The van der Waals surface area contributed by atoms with Gasteiger partial charge >= 0.3 is 0 Å². The molecule has 1 aliphatic rings. The molecule has 1 aliphatic heterocycles. The van der Waals surface area contributed by atoms with Gasteiger partial charge in [-0.15, -0.1) is 0 Å². The van der Waals surface area contributed by atoms with Crippen molar-refractivity contribution < 1.29 is 4.74 Å². The highest BCUT2D eigenvalue weighted by Crippen LogP contribution is 2.38. The lowest BCUT2D eigenvalue weighted by molar-refractivity contribution is 0.185. The predicted molar refractivity (Wildman–Crippen MR) is 72.7 cm³/mol. The van der Waals surface area contributed by atoms with Crippen LogP contribution >= 0.6 is 15.9 Å². The molecule has 17 heavy (non-hydrogen) atoms. The van der Waals surface area contributed by atoms with Crippen LogP contribution in [0.15, 0.2) is 54.6 Å². The summed E-state index contributed by atoms with van der Waals surface area (Å²) in [5, 5.41) is 0. The summed E-state index contributed by atoms with van der Waals surface area (Å²) >= 11 is 3.74. The van der Waals surface area contributed by atoms with Crippen molar-refractivity contribution in [1.82, 2.24) is 0 Å². The van der Waals surface area contributed by atoms with Gasteiger partial charge in [-0.25, -0.2) is 0 Å². The topological polar surface area (TPSA) is 9.23 Å². The molecule has 2 unspecified atom stereocenters. The van der Waals surface area contributed by atoms with Crippen LogP contribution in [-0.2, 0) is 6.42 Å². The quantitative estimate of drug-likeness (QED) is 0.717. The van der Waals surface area contributed by atoms with Crippen LogP contribution in [-0.4, -0.2) is 4.83 Å². The van der Waals surface area contributed by atoms with E-state index in [4.69, 9.17) is 4.74 Å². The van der Waals surface area contributed by atoms with E-state index in [0.717, 1.165) is 12.2 Å². The van der Waals surface area contributed by atoms with Crippen molar-refractivity contribution in [2.75, 3.05) is 0 Å². The summed E-state index contributed by atoms with van der Waals surface area (Å²) in [6, 6.07) is 18.6. The summed E-state index contributed by atoms with van der Waals surface area (Å²) in [4.78, 5) is 0.333. The number of alkyl halides is 1. The molecule has 1 nitrogen and oxygen atoms in total. The maximum absolute atomic E-state index is 6.08. The molecule has 0 amide bonds. The van der Waals surface area contributed by atoms with Crippen LogP contribution < -0.4 is 4.74 Å². The number of halogens is 1. The Morgan fingerprint density at radius 2 is 1.65 bits per heavy atom. The Kier molecular flexibility index (Phi) is 2.89. The zero-order valence-corrected chi connectivity index (χ0v) is 10.9. The van der Waals surface area contributed by atoms with Gasteiger partial charge in [0.15, 0.2) is 0 Å². The van der Waals surface area contributed by atoms with E-state index in [2.05, 4.69) is 52.3 Å². The SMILES string of the molecule is BrC1Cc2ccccc2OC1c1ccccc1. The average Bonchev–Trinajstić information content (AvgIpc) is 2.39. The van der Waals surface area contributed by atoms with Gasteiger partial charge in [0.05, 0.1) is 4.83 Å². The molecular weight excluding hydrogens is 276 g/mol. The number of fused-ring (bicyclic) bond motifs is 1. The van der Waals surface area contributed by atoms with Crippen LogP contribution in [0.1, 0.15) is 17.2 Å². The Morgan fingerprint density at radius 1 is 0.941 bits per heavy atom. The monoisotopic (exact) mass is 288 g/mol. The third-order valence-corrected chi connectivity index (χ3v) is 3.90. The molecule has 2 heteroatoms. The number of hydrogen-bond donors (Lipinski definition) is 0. The summed E-state index contributed by atoms with van der Waals surface area (Å²) in [6.45, 7) is 0. The minimum atomic E-state index is 0.103. The van der Waals surface area contributed by atoms with Gasteiger partial charge in [0, 0.05) is 0 Å². The van der Waals surface area contributed by atoms with Crippen LogP contribution in [0.2, 0.25) is 0 Å². The van der Waals surface area contributed by atoms with E-state index in [0.29, 0.717) is 4.83 Å². The fourth-order valence-electron chi connectivity index (χ4n) is 2.23. The second-order valence-corrected chi connectivity index (χ2v) is 5.45. The molecule has 2 atom stereocenters. The Bertz CT molecular complexity index is 509. The molecule has 3 rings (SSSR count). The zero-order chi connectivity index (χ0) is 11.7. The lowest BCUT2D eigenvalue weighted by Crippen LogP contribution is -2.25. The molecule has 2 aromatic rings. The Hall–Kier alpha value is -1.28. The molecule has 0 saturated heterocycles. The molecule has 1 heterocycles. The Balaban J connectivity index is 1.95. The number of benzene rings is 2. The molecular formula is C15H13BrO. The molecule has 0 radical (unpaired) electrons. The molecule has 0 aromatic heterocycles. The average molecular weight is 289 g/mol. The second kappa shape index (κ2) is 4.53. The minimum absolute atomic E-state index is 0.103. The zero-order valence-electron chi connectivity index (χ0n) is 9.34. The summed E-state index contributed by atoms with van der Waals surface area (Å²) in [5.74, 6) is 1.01. The van der Waals surface area contributed by atoms with Crippen LogP contribution in [0.3, 0.4) is 0 Å². The van der Waals surface area contributed by atoms with Crippen LogP contribution in [0, 0.1) is 0 Å².